The van der Waals surface area contributed by atoms with Crippen molar-refractivity contribution in [3.8, 4) is 5.75 Å². The topological polar surface area (TPSA) is 101 Å². The van der Waals surface area contributed by atoms with Gasteiger partial charge in [0, 0.05) is 22.6 Å². The number of para-hydroxylation sites is 1. The van der Waals surface area contributed by atoms with E-state index < -0.39 is 19.8 Å². The molecule has 3 N–H and O–H groups in total. The predicted molar refractivity (Wildman–Crippen MR) is 129 cm³/mol. The first-order chi connectivity index (χ1) is 14.8. The molecule has 2 aromatic carbocycles. The third kappa shape index (κ3) is 5.63. The van der Waals surface area contributed by atoms with E-state index in [2.05, 4.69) is 0 Å². The van der Waals surface area contributed by atoms with Crippen LogP contribution in [0.3, 0.4) is 0 Å². The van der Waals surface area contributed by atoms with Crippen LogP contribution in [0.15, 0.2) is 46.2 Å². The number of rotatable bonds is 5. The molecule has 0 atom stereocenters. The molecule has 0 aliphatic carbocycles. The molecule has 0 unspecified atom stereocenters. The number of anilines is 1. The third-order valence-electron chi connectivity index (χ3n) is 4.96. The Bertz CT molecular complexity index is 1120. The molecule has 0 bridgehead atoms. The summed E-state index contributed by atoms with van der Waals surface area (Å²) < 4.78 is 11.7. The lowest BCUT2D eigenvalue weighted by Gasteiger charge is -2.30. The largest absolute Gasteiger partial charge is 0.507 e. The van der Waals surface area contributed by atoms with Gasteiger partial charge in [0.2, 0.25) is 0 Å². The minimum atomic E-state index is -4.47. The highest BCUT2D eigenvalue weighted by Gasteiger charge is 2.33. The van der Waals surface area contributed by atoms with Gasteiger partial charge < -0.3 is 19.8 Å². The molecular weight excluding hydrogens is 447 g/mol. The van der Waals surface area contributed by atoms with Crippen LogP contribution in [-0.2, 0) is 21.3 Å². The second-order valence-corrected chi connectivity index (χ2v) is 11.9. The van der Waals surface area contributed by atoms with E-state index in [1.807, 2.05) is 64.0 Å². The Balaban J connectivity index is 2.13. The van der Waals surface area contributed by atoms with E-state index in [-0.39, 0.29) is 11.2 Å². The monoisotopic (exact) mass is 476 g/mol. The van der Waals surface area contributed by atoms with Gasteiger partial charge in [0.05, 0.1) is 10.6 Å². The lowest BCUT2D eigenvalue weighted by atomic mass is 9.84. The van der Waals surface area contributed by atoms with Crippen LogP contribution in [0.2, 0.25) is 0 Å². The molecule has 0 saturated carbocycles. The average molecular weight is 477 g/mol. The second kappa shape index (κ2) is 9.04. The van der Waals surface area contributed by atoms with Crippen LogP contribution >= 0.6 is 19.4 Å². The van der Waals surface area contributed by atoms with E-state index in [0.29, 0.717) is 17.1 Å². The first-order valence-electron chi connectivity index (χ1n) is 10.1. The summed E-state index contributed by atoms with van der Waals surface area (Å²) in [6.45, 7) is 6.56. The van der Waals surface area contributed by atoms with E-state index >= 15 is 0 Å². The Morgan fingerprint density at radius 1 is 1.16 bits per heavy atom. The molecule has 32 heavy (non-hydrogen) atoms. The molecule has 9 heteroatoms. The van der Waals surface area contributed by atoms with E-state index in [4.69, 9.17) is 0 Å². The Kier molecular flexibility index (Phi) is 6.94. The summed E-state index contributed by atoms with van der Waals surface area (Å²) in [6, 6.07) is 10.8. The van der Waals surface area contributed by atoms with Crippen molar-refractivity contribution in [2.75, 3.05) is 25.3 Å². The van der Waals surface area contributed by atoms with Crippen molar-refractivity contribution in [3.05, 3.63) is 58.0 Å². The van der Waals surface area contributed by atoms with Crippen molar-refractivity contribution >= 4 is 37.0 Å². The molecule has 172 valence electrons. The summed E-state index contributed by atoms with van der Waals surface area (Å²) in [5.41, 5.74) is 2.43. The van der Waals surface area contributed by atoms with Gasteiger partial charge in [-0.3, -0.25) is 14.3 Å². The van der Waals surface area contributed by atoms with Crippen LogP contribution < -0.4 is 4.90 Å². The van der Waals surface area contributed by atoms with Gasteiger partial charge in [-0.1, -0.05) is 44.7 Å². The molecule has 2 aromatic rings. The highest BCUT2D eigenvalue weighted by atomic mass is 32.2. The molecular formula is C23H29N2O5PS. The van der Waals surface area contributed by atoms with Crippen molar-refractivity contribution in [2.45, 2.75) is 37.6 Å². The van der Waals surface area contributed by atoms with Gasteiger partial charge in [0.15, 0.2) is 0 Å². The van der Waals surface area contributed by atoms with Crippen LogP contribution in [0, 0.1) is 0 Å². The number of hydrogen-bond donors (Lipinski definition) is 3. The molecule has 1 aliphatic heterocycles. The highest BCUT2D eigenvalue weighted by molar-refractivity contribution is 8.04. The maximum atomic E-state index is 13.2. The number of hydrogen-bond acceptors (Lipinski definition) is 5. The van der Waals surface area contributed by atoms with Gasteiger partial charge in [-0.05, 0) is 55.4 Å². The molecule has 0 spiro atoms. The summed E-state index contributed by atoms with van der Waals surface area (Å²) in [7, 11) is -0.635. The molecule has 1 heterocycles. The quantitative estimate of drug-likeness (QED) is 0.435. The zero-order valence-electron chi connectivity index (χ0n) is 18.9. The fraction of sp³-hybridized carbons (Fsp3) is 0.348. The van der Waals surface area contributed by atoms with Gasteiger partial charge in [0.25, 0.3) is 5.91 Å². The zero-order chi connectivity index (χ0) is 23.8. The van der Waals surface area contributed by atoms with E-state index in [0.717, 1.165) is 26.5 Å². The molecule has 3 rings (SSSR count). The SMILES string of the molecule is CN(C)Cc1cc(/C=C2\Sc3ccccc3N(CP(=O)(O)O)C2=O)cc(C(C)(C)C)c1O. The standard InChI is InChI=1S/C23H29N2O5PS/c1-23(2,3)17-11-15(10-16(21(17)26)13-24(4)5)12-20-22(27)25(14-31(28,29)30)18-8-6-7-9-19(18)32-20/h6-12,26H,13-14H2,1-5H3,(H2,28,29,30)/b20-12-. The first-order valence-corrected chi connectivity index (χ1v) is 12.7. The Morgan fingerprint density at radius 3 is 2.41 bits per heavy atom. The van der Waals surface area contributed by atoms with E-state index in [9.17, 15) is 24.3 Å². The van der Waals surface area contributed by atoms with Crippen LogP contribution in [0.4, 0.5) is 5.69 Å². The smallest absolute Gasteiger partial charge is 0.345 e. The van der Waals surface area contributed by atoms with Crippen molar-refractivity contribution < 1.29 is 24.3 Å². The Labute approximate surface area is 192 Å². The number of nitrogens with zero attached hydrogens (tertiary/aromatic N) is 2. The number of benzene rings is 2. The van der Waals surface area contributed by atoms with Crippen LogP contribution in [0.5, 0.6) is 5.75 Å². The van der Waals surface area contributed by atoms with Gasteiger partial charge in [-0.15, -0.1) is 0 Å². The maximum Gasteiger partial charge on any atom is 0.345 e. The molecule has 0 saturated heterocycles. The fourth-order valence-corrected chi connectivity index (χ4v) is 5.28. The van der Waals surface area contributed by atoms with Crippen molar-refractivity contribution in [1.29, 1.82) is 0 Å². The molecule has 0 aromatic heterocycles. The van der Waals surface area contributed by atoms with Gasteiger partial charge in [0.1, 0.15) is 12.0 Å². The zero-order valence-corrected chi connectivity index (χ0v) is 20.6. The summed E-state index contributed by atoms with van der Waals surface area (Å²) in [5.74, 6) is -0.221. The average Bonchev–Trinajstić information content (AvgIpc) is 2.65. The van der Waals surface area contributed by atoms with Crippen LogP contribution in [0.1, 0.15) is 37.5 Å². The normalized spacial score (nSPS) is 16.1. The second-order valence-electron chi connectivity index (χ2n) is 9.18. The number of aromatic hydroxyl groups is 1. The van der Waals surface area contributed by atoms with Gasteiger partial charge in [-0.2, -0.15) is 0 Å². The lowest BCUT2D eigenvalue weighted by Crippen LogP contribution is -2.35. The van der Waals surface area contributed by atoms with Crippen LogP contribution in [-0.4, -0.2) is 46.1 Å². The number of carbonyl (C=O) groups is 1. The molecule has 7 nitrogen and oxygen atoms in total. The van der Waals surface area contributed by atoms with Crippen LogP contribution in [0.25, 0.3) is 6.08 Å². The van der Waals surface area contributed by atoms with Crippen molar-refractivity contribution in [1.82, 2.24) is 4.90 Å². The van der Waals surface area contributed by atoms with E-state index in [1.54, 1.807) is 18.2 Å². The predicted octanol–water partition coefficient (Wildman–Crippen LogP) is 4.37. The highest BCUT2D eigenvalue weighted by Crippen LogP contribution is 2.46. The van der Waals surface area contributed by atoms with Crippen molar-refractivity contribution in [2.24, 2.45) is 0 Å². The van der Waals surface area contributed by atoms with Gasteiger partial charge >= 0.3 is 7.60 Å². The lowest BCUT2D eigenvalue weighted by molar-refractivity contribution is -0.114. The van der Waals surface area contributed by atoms with E-state index in [1.165, 1.54) is 11.8 Å². The van der Waals surface area contributed by atoms with Crippen molar-refractivity contribution in [3.63, 3.8) is 0 Å². The molecule has 1 amide bonds. The summed E-state index contributed by atoms with van der Waals surface area (Å²) in [4.78, 5) is 36.5. The fourth-order valence-electron chi connectivity index (χ4n) is 3.57. The summed E-state index contributed by atoms with van der Waals surface area (Å²) >= 11 is 1.27. The minimum Gasteiger partial charge on any atom is -0.507 e. The number of carbonyl (C=O) groups excluding carboxylic acids is 1. The Morgan fingerprint density at radius 2 is 1.81 bits per heavy atom. The summed E-state index contributed by atoms with van der Waals surface area (Å²) in [6.07, 6.45) is 1.04. The minimum absolute atomic E-state index is 0.240. The Hall–Kier alpha value is -2.09. The summed E-state index contributed by atoms with van der Waals surface area (Å²) in [5, 5.41) is 10.8. The molecule has 1 aliphatic rings. The number of thioether (sulfide) groups is 1. The number of phenolic OH excluding ortho intramolecular Hbond substituents is 1. The third-order valence-corrected chi connectivity index (χ3v) is 6.69. The first kappa shape index (κ1) is 24.6. The maximum absolute atomic E-state index is 13.2. The number of amides is 1. The number of fused-ring (bicyclic) bond motifs is 1. The van der Waals surface area contributed by atoms with Gasteiger partial charge in [-0.25, -0.2) is 0 Å². The number of phenols is 1. The molecule has 0 radical (unpaired) electrons. The molecule has 0 fully saturated rings.